The Morgan fingerprint density at radius 3 is 2.06 bits per heavy atom. The van der Waals surface area contributed by atoms with Gasteiger partial charge in [-0.15, -0.1) is 0 Å². The molecule has 3 nitrogen and oxygen atoms in total. The molecule has 90 valence electrons. The van der Waals surface area contributed by atoms with Crippen molar-refractivity contribution in [1.82, 2.24) is 0 Å². The number of hydrogen-bond donors (Lipinski definition) is 1. The van der Waals surface area contributed by atoms with Gasteiger partial charge in [0.25, 0.3) is 0 Å². The number of nitrogens with zero attached hydrogens (tertiary/aromatic N) is 2. The quantitative estimate of drug-likeness (QED) is 0.505. The smallest absolute Gasteiger partial charge is 0.390 e. The molecule has 0 saturated heterocycles. The van der Waals surface area contributed by atoms with Gasteiger partial charge in [-0.1, -0.05) is 55.6 Å². The second kappa shape index (κ2) is 4.77. The number of halogens is 4. The minimum Gasteiger partial charge on any atom is -0.390 e. The van der Waals surface area contributed by atoms with Crippen LogP contribution in [0.15, 0.2) is 0 Å². The lowest BCUT2D eigenvalue weighted by Crippen LogP contribution is -2.08. The van der Waals surface area contributed by atoms with Crippen LogP contribution in [0, 0.1) is 0 Å². The standard InChI is InChI=1S/C10H8Cl4N2O/c1-15-4-16(2-3-17)10-8(14)6(12)5(11)7(13)9(10)15/h17H,2-3H2,1H3/q+2. The van der Waals surface area contributed by atoms with E-state index in [1.807, 2.05) is 0 Å². The van der Waals surface area contributed by atoms with Crippen LogP contribution in [0.2, 0.25) is 20.1 Å². The molecule has 17 heavy (non-hydrogen) atoms. The third kappa shape index (κ3) is 1.97. The summed E-state index contributed by atoms with van der Waals surface area (Å²) >= 11 is 24.3. The van der Waals surface area contributed by atoms with E-state index in [1.54, 1.807) is 16.2 Å². The maximum absolute atomic E-state index is 8.99. The Balaban J connectivity index is 2.76. The average molecular weight is 314 g/mol. The summed E-state index contributed by atoms with van der Waals surface area (Å²) in [7, 11) is 1.77. The molecule has 0 unspecified atom stereocenters. The third-order valence-electron chi connectivity index (χ3n) is 2.42. The number of aliphatic hydroxyl groups is 1. The van der Waals surface area contributed by atoms with E-state index < -0.39 is 0 Å². The largest absolute Gasteiger partial charge is 0.489 e. The van der Waals surface area contributed by atoms with E-state index in [1.165, 1.54) is 0 Å². The Labute approximate surface area is 118 Å². The second-order valence-corrected chi connectivity index (χ2v) is 5.00. The summed E-state index contributed by atoms with van der Waals surface area (Å²) in [5, 5.41) is 10.0. The molecular formula is C10H8Cl4N2O+2. The Hall–Kier alpha value is -0.280. The maximum Gasteiger partial charge on any atom is 0.489 e. The molecule has 0 atom stereocenters. The van der Waals surface area contributed by atoms with E-state index >= 15 is 0 Å². The number of fused-ring (bicyclic) bond motifs is 1. The van der Waals surface area contributed by atoms with Crippen LogP contribution in [-0.4, -0.2) is 40.5 Å². The zero-order valence-corrected chi connectivity index (χ0v) is 11.8. The Bertz CT molecular complexity index is 576. The van der Waals surface area contributed by atoms with Gasteiger partial charge in [-0.3, -0.25) is 0 Å². The summed E-state index contributed by atoms with van der Waals surface area (Å²) in [6, 6.07) is 2.98. The summed E-state index contributed by atoms with van der Waals surface area (Å²) in [6.07, 6.45) is 0. The lowest BCUT2D eigenvalue weighted by molar-refractivity contribution is -0.456. The molecule has 0 amide bonds. The van der Waals surface area contributed by atoms with E-state index in [0.717, 1.165) is 0 Å². The Kier molecular flexibility index (Phi) is 3.69. The van der Waals surface area contributed by atoms with E-state index in [2.05, 4.69) is 6.01 Å². The highest BCUT2D eigenvalue weighted by Crippen LogP contribution is 2.50. The first-order valence-electron chi connectivity index (χ1n) is 4.73. The molecule has 1 aliphatic heterocycles. The summed E-state index contributed by atoms with van der Waals surface area (Å²) in [5.41, 5.74) is 1.25. The second-order valence-electron chi connectivity index (χ2n) is 3.49. The molecule has 1 aliphatic rings. The zero-order valence-electron chi connectivity index (χ0n) is 8.77. The molecule has 0 saturated carbocycles. The minimum atomic E-state index is -0.0333. The lowest BCUT2D eigenvalue weighted by Gasteiger charge is -2.03. The highest BCUT2D eigenvalue weighted by Gasteiger charge is 2.39. The lowest BCUT2D eigenvalue weighted by atomic mass is 10.2. The number of rotatable bonds is 2. The molecule has 0 bridgehead atoms. The third-order valence-corrected chi connectivity index (χ3v) is 4.20. The molecule has 0 aliphatic carbocycles. The van der Waals surface area contributed by atoms with Crippen molar-refractivity contribution in [2.24, 2.45) is 0 Å². The van der Waals surface area contributed by atoms with Crippen molar-refractivity contribution in [3.8, 4) is 0 Å². The van der Waals surface area contributed by atoms with Crippen molar-refractivity contribution in [3.63, 3.8) is 0 Å². The monoisotopic (exact) mass is 312 g/mol. The normalized spacial score (nSPS) is 13.5. The summed E-state index contributed by atoms with van der Waals surface area (Å²) in [6.45, 7) is 0.319. The first kappa shape index (κ1) is 13.2. The SMILES string of the molecule is C[N+]1=C=[N+](CCO)c2c(Cl)c(Cl)c(Cl)c(Cl)c21. The van der Waals surface area contributed by atoms with E-state index in [0.29, 0.717) is 28.0 Å². The van der Waals surface area contributed by atoms with Gasteiger partial charge in [-0.05, 0) is 0 Å². The first-order valence-corrected chi connectivity index (χ1v) is 6.24. The van der Waals surface area contributed by atoms with Gasteiger partial charge in [0.2, 0.25) is 0 Å². The molecule has 1 N–H and O–H groups in total. The van der Waals surface area contributed by atoms with Gasteiger partial charge in [0.15, 0.2) is 13.6 Å². The molecule has 2 rings (SSSR count). The predicted octanol–water partition coefficient (Wildman–Crippen LogP) is 3.40. The summed E-state index contributed by atoms with van der Waals surface area (Å²) in [4.78, 5) is 0. The predicted molar refractivity (Wildman–Crippen MR) is 69.2 cm³/mol. The molecule has 7 heteroatoms. The first-order chi connectivity index (χ1) is 7.99. The number of benzene rings is 1. The van der Waals surface area contributed by atoms with E-state index in [4.69, 9.17) is 51.5 Å². The van der Waals surface area contributed by atoms with Crippen molar-refractivity contribution in [1.29, 1.82) is 0 Å². The summed E-state index contributed by atoms with van der Waals surface area (Å²) < 4.78 is 3.33. The van der Waals surface area contributed by atoms with Crippen molar-refractivity contribution in [2.75, 3.05) is 20.2 Å². The minimum absolute atomic E-state index is 0.0333. The molecule has 1 aromatic carbocycles. The molecule has 0 aromatic heterocycles. The van der Waals surface area contributed by atoms with Gasteiger partial charge >= 0.3 is 17.4 Å². The molecule has 0 fully saturated rings. The van der Waals surface area contributed by atoms with E-state index in [9.17, 15) is 0 Å². The van der Waals surface area contributed by atoms with Crippen LogP contribution < -0.4 is 0 Å². The Morgan fingerprint density at radius 1 is 1.00 bits per heavy atom. The highest BCUT2D eigenvalue weighted by molar-refractivity contribution is 6.53. The van der Waals surface area contributed by atoms with Crippen LogP contribution in [0.3, 0.4) is 0 Å². The van der Waals surface area contributed by atoms with Gasteiger partial charge in [-0.2, -0.15) is 0 Å². The van der Waals surface area contributed by atoms with Crippen LogP contribution in [0.4, 0.5) is 11.4 Å². The molecule has 0 spiro atoms. The fourth-order valence-electron chi connectivity index (χ4n) is 1.70. The summed E-state index contributed by atoms with van der Waals surface area (Å²) in [5.74, 6) is 0. The van der Waals surface area contributed by atoms with Crippen LogP contribution >= 0.6 is 46.4 Å². The molecule has 1 aromatic rings. The molecular weight excluding hydrogens is 306 g/mol. The van der Waals surface area contributed by atoms with Gasteiger partial charge in [0, 0.05) is 0 Å². The van der Waals surface area contributed by atoms with Crippen molar-refractivity contribution in [2.45, 2.75) is 0 Å². The number of aliphatic hydroxyl groups excluding tert-OH is 1. The average Bonchev–Trinajstić information content (AvgIpc) is 2.61. The van der Waals surface area contributed by atoms with Gasteiger partial charge in [-0.25, -0.2) is 0 Å². The molecule has 0 radical (unpaired) electrons. The van der Waals surface area contributed by atoms with Gasteiger partial charge < -0.3 is 5.11 Å². The van der Waals surface area contributed by atoms with Crippen LogP contribution in [0.5, 0.6) is 0 Å². The Morgan fingerprint density at radius 2 is 1.53 bits per heavy atom. The fraction of sp³-hybridized carbons (Fsp3) is 0.300. The van der Waals surface area contributed by atoms with Gasteiger partial charge in [0.05, 0.1) is 10.0 Å². The van der Waals surface area contributed by atoms with Crippen molar-refractivity contribution >= 4 is 63.8 Å². The van der Waals surface area contributed by atoms with Crippen molar-refractivity contribution in [3.05, 3.63) is 20.1 Å². The topological polar surface area (TPSA) is 26.2 Å². The number of hydrogen-bond acceptors (Lipinski definition) is 1. The highest BCUT2D eigenvalue weighted by atomic mass is 35.5. The fourth-order valence-corrected chi connectivity index (χ4v) is 2.77. The molecule has 1 heterocycles. The van der Waals surface area contributed by atoms with E-state index in [-0.39, 0.29) is 16.7 Å². The van der Waals surface area contributed by atoms with Gasteiger partial charge in [0.1, 0.15) is 16.7 Å². The zero-order chi connectivity index (χ0) is 12.7. The van der Waals surface area contributed by atoms with Crippen molar-refractivity contribution < 1.29 is 14.3 Å². The number of β-amino-alcohol motifs (C(OH)–C–C–N with tert-alkyl or cyclic N) is 1. The van der Waals surface area contributed by atoms with Crippen LogP contribution in [0.25, 0.3) is 0 Å². The van der Waals surface area contributed by atoms with Crippen LogP contribution in [0.1, 0.15) is 0 Å². The maximum atomic E-state index is 8.99. The van der Waals surface area contributed by atoms with Crippen LogP contribution in [-0.2, 0) is 0 Å².